The van der Waals surface area contributed by atoms with Gasteiger partial charge in [0.15, 0.2) is 0 Å². The maximum atomic E-state index is 11.7. The number of aromatic amines is 1. The number of ether oxygens (including phenoxy) is 2. The minimum atomic E-state index is -0.0146. The van der Waals surface area contributed by atoms with Crippen molar-refractivity contribution >= 4 is 36.6 Å². The highest BCUT2D eigenvalue weighted by Crippen LogP contribution is 2.37. The molecule has 0 aliphatic carbocycles. The molecular formula is C24H22N4O3S2. The average Bonchev–Trinajstić information content (AvgIpc) is 3.51. The molecule has 1 aromatic carbocycles. The van der Waals surface area contributed by atoms with E-state index in [1.165, 1.54) is 4.88 Å². The van der Waals surface area contributed by atoms with Crippen LogP contribution in [0.3, 0.4) is 0 Å². The summed E-state index contributed by atoms with van der Waals surface area (Å²) in [6, 6.07) is 11.9. The lowest BCUT2D eigenvalue weighted by Crippen LogP contribution is -2.20. The molecule has 0 fully saturated rings. The van der Waals surface area contributed by atoms with Crippen LogP contribution in [0.25, 0.3) is 10.6 Å². The van der Waals surface area contributed by atoms with Gasteiger partial charge in [-0.15, -0.1) is 11.3 Å². The summed E-state index contributed by atoms with van der Waals surface area (Å²) in [6.45, 7) is 0.585. The molecule has 168 valence electrons. The molecule has 1 amide bonds. The van der Waals surface area contributed by atoms with Gasteiger partial charge in [-0.05, 0) is 54.1 Å². The first-order chi connectivity index (χ1) is 15.7. The van der Waals surface area contributed by atoms with Gasteiger partial charge in [0.05, 0.1) is 29.3 Å². The second-order valence-electron chi connectivity index (χ2n) is 7.93. The van der Waals surface area contributed by atoms with Gasteiger partial charge in [0.25, 0.3) is 0 Å². The molecule has 33 heavy (non-hydrogen) atoms. The van der Waals surface area contributed by atoms with Gasteiger partial charge < -0.3 is 19.8 Å². The van der Waals surface area contributed by atoms with Crippen molar-refractivity contribution in [2.45, 2.75) is 25.2 Å². The Bertz CT molecular complexity index is 1300. The zero-order valence-electron chi connectivity index (χ0n) is 17.6. The molecule has 2 aliphatic heterocycles. The lowest BCUT2D eigenvalue weighted by molar-refractivity contribution is -0.116. The van der Waals surface area contributed by atoms with Crippen LogP contribution in [0.4, 0.5) is 5.82 Å². The SMILES string of the molecule is O=C1CCc2c(Oc3ccc4c(c3)C[C@@H](c3ncc(-c5cccs5)[nH]3)CO4)ccnc2N1.S. The summed E-state index contributed by atoms with van der Waals surface area (Å²) in [5.74, 6) is 3.98. The van der Waals surface area contributed by atoms with Crippen LogP contribution in [0.15, 0.2) is 54.2 Å². The van der Waals surface area contributed by atoms with Gasteiger partial charge in [-0.3, -0.25) is 4.79 Å². The van der Waals surface area contributed by atoms with E-state index in [0.717, 1.165) is 46.3 Å². The number of carbonyl (C=O) groups excluding carboxylic acids is 1. The average molecular weight is 479 g/mol. The number of hydrogen-bond acceptors (Lipinski definition) is 6. The predicted molar refractivity (Wildman–Crippen MR) is 132 cm³/mol. The van der Waals surface area contributed by atoms with E-state index in [1.807, 2.05) is 36.5 Å². The monoisotopic (exact) mass is 478 g/mol. The van der Waals surface area contributed by atoms with Crippen molar-refractivity contribution in [2.75, 3.05) is 11.9 Å². The summed E-state index contributed by atoms with van der Waals surface area (Å²) in [6.07, 6.45) is 5.41. The Morgan fingerprint density at radius 2 is 2.09 bits per heavy atom. The summed E-state index contributed by atoms with van der Waals surface area (Å²) < 4.78 is 12.2. The van der Waals surface area contributed by atoms with Crippen LogP contribution in [0.5, 0.6) is 17.2 Å². The quantitative estimate of drug-likeness (QED) is 0.429. The highest BCUT2D eigenvalue weighted by Gasteiger charge is 2.25. The minimum Gasteiger partial charge on any atom is -0.493 e. The lowest BCUT2D eigenvalue weighted by atomic mass is 9.96. The van der Waals surface area contributed by atoms with Gasteiger partial charge in [-0.2, -0.15) is 13.5 Å². The van der Waals surface area contributed by atoms with Crippen LogP contribution in [-0.4, -0.2) is 27.5 Å². The number of nitrogens with zero attached hydrogens (tertiary/aromatic N) is 2. The number of pyridine rings is 1. The molecule has 7 nitrogen and oxygen atoms in total. The summed E-state index contributed by atoms with van der Waals surface area (Å²) in [7, 11) is 0. The normalized spacial score (nSPS) is 16.6. The van der Waals surface area contributed by atoms with E-state index in [2.05, 4.69) is 31.7 Å². The molecule has 3 aromatic heterocycles. The molecule has 9 heteroatoms. The number of nitrogens with one attached hydrogen (secondary N) is 2. The molecule has 0 saturated heterocycles. The Morgan fingerprint density at radius 1 is 1.15 bits per heavy atom. The van der Waals surface area contributed by atoms with E-state index in [0.29, 0.717) is 25.3 Å². The molecule has 2 aliphatic rings. The highest BCUT2D eigenvalue weighted by atomic mass is 32.1. The van der Waals surface area contributed by atoms with Crippen LogP contribution in [0, 0.1) is 0 Å². The Balaban J connectivity index is 0.00000228. The molecule has 2 N–H and O–H groups in total. The topological polar surface area (TPSA) is 89.1 Å². The molecule has 0 spiro atoms. The molecule has 0 unspecified atom stereocenters. The van der Waals surface area contributed by atoms with E-state index in [4.69, 9.17) is 9.47 Å². The maximum absolute atomic E-state index is 11.7. The minimum absolute atomic E-state index is 0. The first kappa shape index (κ1) is 21.5. The van der Waals surface area contributed by atoms with E-state index in [1.54, 1.807) is 17.5 Å². The maximum Gasteiger partial charge on any atom is 0.225 e. The van der Waals surface area contributed by atoms with Crippen molar-refractivity contribution in [3.63, 3.8) is 0 Å². The standard InChI is InChI=1S/C24H20N4O3S.H2S/c29-22-6-4-17-20(7-8-25-24(17)28-22)31-16-3-5-19-14(11-16)10-15(13-30-19)23-26-12-18(27-23)21-2-1-9-32-21;/h1-3,5,7-9,11-12,15H,4,6,10,13H2,(H,26,27)(H,25,28,29);1H2/t15-;/m1./s1. The van der Waals surface area contributed by atoms with Crippen molar-refractivity contribution in [2.24, 2.45) is 0 Å². The Morgan fingerprint density at radius 3 is 2.97 bits per heavy atom. The number of carbonyl (C=O) groups is 1. The van der Waals surface area contributed by atoms with Crippen molar-refractivity contribution in [1.29, 1.82) is 0 Å². The fraction of sp³-hybridized carbons (Fsp3) is 0.208. The van der Waals surface area contributed by atoms with E-state index in [-0.39, 0.29) is 25.3 Å². The molecule has 0 bridgehead atoms. The first-order valence-corrected chi connectivity index (χ1v) is 11.4. The van der Waals surface area contributed by atoms with E-state index < -0.39 is 0 Å². The zero-order chi connectivity index (χ0) is 21.5. The van der Waals surface area contributed by atoms with Gasteiger partial charge >= 0.3 is 0 Å². The smallest absolute Gasteiger partial charge is 0.225 e. The predicted octanol–water partition coefficient (Wildman–Crippen LogP) is 5.04. The third-order valence-electron chi connectivity index (χ3n) is 5.81. The van der Waals surface area contributed by atoms with Gasteiger partial charge in [-0.1, -0.05) is 6.07 Å². The molecule has 5 heterocycles. The number of amides is 1. The number of thiophene rings is 1. The number of hydrogen-bond donors (Lipinski definition) is 2. The largest absolute Gasteiger partial charge is 0.493 e. The van der Waals surface area contributed by atoms with E-state index >= 15 is 0 Å². The Labute approximate surface area is 201 Å². The summed E-state index contributed by atoms with van der Waals surface area (Å²) >= 11 is 1.69. The molecule has 0 radical (unpaired) electrons. The third kappa shape index (κ3) is 4.21. The van der Waals surface area contributed by atoms with E-state index in [9.17, 15) is 4.79 Å². The third-order valence-corrected chi connectivity index (χ3v) is 6.71. The number of fused-ring (bicyclic) bond motifs is 2. The number of aromatic nitrogens is 3. The van der Waals surface area contributed by atoms with Gasteiger partial charge in [-0.25, -0.2) is 9.97 Å². The van der Waals surface area contributed by atoms with Crippen LogP contribution >= 0.6 is 24.8 Å². The molecular weight excluding hydrogens is 456 g/mol. The molecule has 1 atom stereocenters. The highest BCUT2D eigenvalue weighted by molar-refractivity contribution is 7.59. The summed E-state index contributed by atoms with van der Waals surface area (Å²) in [4.78, 5) is 25.2. The van der Waals surface area contributed by atoms with Gasteiger partial charge in [0.2, 0.25) is 5.91 Å². The van der Waals surface area contributed by atoms with Crippen molar-refractivity contribution in [3.05, 3.63) is 71.1 Å². The number of benzene rings is 1. The Kier molecular flexibility index (Phi) is 5.82. The van der Waals surface area contributed by atoms with Crippen molar-refractivity contribution in [3.8, 4) is 27.8 Å². The lowest BCUT2D eigenvalue weighted by Gasteiger charge is -2.25. The number of rotatable bonds is 4. The second kappa shape index (κ2) is 8.92. The summed E-state index contributed by atoms with van der Waals surface area (Å²) in [5.41, 5.74) is 3.05. The van der Waals surface area contributed by atoms with Crippen LogP contribution in [-0.2, 0) is 17.6 Å². The molecule has 4 aromatic rings. The first-order valence-electron chi connectivity index (χ1n) is 10.5. The second-order valence-corrected chi connectivity index (χ2v) is 8.88. The van der Waals surface area contributed by atoms with Crippen LogP contribution in [0.1, 0.15) is 29.3 Å². The number of H-pyrrole nitrogens is 1. The number of imidazole rings is 1. The zero-order valence-corrected chi connectivity index (χ0v) is 19.4. The Hall–Kier alpha value is -3.30. The molecule has 0 saturated carbocycles. The van der Waals surface area contributed by atoms with Crippen molar-refractivity contribution < 1.29 is 14.3 Å². The van der Waals surface area contributed by atoms with Crippen LogP contribution in [0.2, 0.25) is 0 Å². The van der Waals surface area contributed by atoms with Crippen LogP contribution < -0.4 is 14.8 Å². The summed E-state index contributed by atoms with van der Waals surface area (Å²) in [5, 5.41) is 4.87. The fourth-order valence-corrected chi connectivity index (χ4v) is 4.88. The van der Waals surface area contributed by atoms with Gasteiger partial charge in [0, 0.05) is 18.2 Å². The fourth-order valence-electron chi connectivity index (χ4n) is 4.19. The van der Waals surface area contributed by atoms with Gasteiger partial charge in [0.1, 0.15) is 28.9 Å². The van der Waals surface area contributed by atoms with Crippen molar-refractivity contribution in [1.82, 2.24) is 15.0 Å². The number of anilines is 1. The molecule has 6 rings (SSSR count).